The number of carbonyl (C=O) groups is 1. The van der Waals surface area contributed by atoms with Gasteiger partial charge in [0.15, 0.2) is 0 Å². The molecule has 0 aliphatic rings. The van der Waals surface area contributed by atoms with Crippen LogP contribution in [0.3, 0.4) is 0 Å². The number of hydrogen-bond donors (Lipinski definition) is 1. The van der Waals surface area contributed by atoms with Gasteiger partial charge in [-0.05, 0) is 30.7 Å². The highest BCUT2D eigenvalue weighted by atomic mass is 35.5. The van der Waals surface area contributed by atoms with E-state index in [1.54, 1.807) is 6.92 Å². The van der Waals surface area contributed by atoms with E-state index < -0.39 is 11.2 Å². The third-order valence-corrected chi connectivity index (χ3v) is 3.26. The Hall–Kier alpha value is -0.740. The van der Waals surface area contributed by atoms with Gasteiger partial charge in [0.05, 0.1) is 5.25 Å². The Morgan fingerprint density at radius 3 is 2.93 bits per heavy atom. The lowest BCUT2D eigenvalue weighted by atomic mass is 10.2. The van der Waals surface area contributed by atoms with Gasteiger partial charge in [-0.2, -0.15) is 0 Å². The number of carboxylic acid groups (broad SMARTS) is 1. The van der Waals surface area contributed by atoms with Crippen LogP contribution in [0.5, 0.6) is 0 Å². The number of aliphatic carboxylic acids is 1. The van der Waals surface area contributed by atoms with Gasteiger partial charge in [0.2, 0.25) is 0 Å². The molecule has 0 fully saturated rings. The number of benzene rings is 1. The molecule has 1 unspecified atom stereocenters. The largest absolute Gasteiger partial charge is 0.480 e. The van der Waals surface area contributed by atoms with Crippen molar-refractivity contribution in [3.63, 3.8) is 0 Å². The average Bonchev–Trinajstić information content (AvgIpc) is 2.18. The van der Waals surface area contributed by atoms with Crippen LogP contribution < -0.4 is 0 Å². The Labute approximate surface area is 96.4 Å². The molecule has 0 amide bonds. The van der Waals surface area contributed by atoms with E-state index in [2.05, 4.69) is 0 Å². The third kappa shape index (κ3) is 3.72. The van der Waals surface area contributed by atoms with E-state index in [1.807, 2.05) is 0 Å². The highest BCUT2D eigenvalue weighted by Crippen LogP contribution is 2.22. The van der Waals surface area contributed by atoms with Gasteiger partial charge < -0.3 is 5.11 Å². The Bertz CT molecular complexity index is 370. The van der Waals surface area contributed by atoms with Gasteiger partial charge >= 0.3 is 5.97 Å². The zero-order chi connectivity index (χ0) is 11.4. The molecule has 0 bridgehead atoms. The fraction of sp³-hybridized carbons (Fsp3) is 0.300. The molecule has 1 rings (SSSR count). The van der Waals surface area contributed by atoms with Crippen LogP contribution in [0.15, 0.2) is 18.2 Å². The van der Waals surface area contributed by atoms with E-state index in [4.69, 9.17) is 16.7 Å². The van der Waals surface area contributed by atoms with Crippen molar-refractivity contribution < 1.29 is 14.3 Å². The van der Waals surface area contributed by atoms with Crippen LogP contribution in [0.4, 0.5) is 4.39 Å². The van der Waals surface area contributed by atoms with E-state index in [-0.39, 0.29) is 5.82 Å². The van der Waals surface area contributed by atoms with Crippen LogP contribution in [0.1, 0.15) is 12.5 Å². The molecule has 0 saturated carbocycles. The maximum Gasteiger partial charge on any atom is 0.316 e. The van der Waals surface area contributed by atoms with Gasteiger partial charge in [-0.15, -0.1) is 11.8 Å². The molecule has 1 aromatic carbocycles. The van der Waals surface area contributed by atoms with Crippen molar-refractivity contribution in [2.24, 2.45) is 0 Å². The molecule has 0 aliphatic carbocycles. The number of hydrogen-bond acceptors (Lipinski definition) is 2. The van der Waals surface area contributed by atoms with Crippen LogP contribution in [0.2, 0.25) is 5.02 Å². The molecule has 1 aromatic rings. The highest BCUT2D eigenvalue weighted by Gasteiger charge is 2.12. The van der Waals surface area contributed by atoms with Crippen molar-refractivity contribution in [3.05, 3.63) is 34.6 Å². The topological polar surface area (TPSA) is 37.3 Å². The quantitative estimate of drug-likeness (QED) is 0.889. The summed E-state index contributed by atoms with van der Waals surface area (Å²) in [5.41, 5.74) is 0.431. The second kappa shape index (κ2) is 5.37. The molecular weight excluding hydrogens is 239 g/mol. The summed E-state index contributed by atoms with van der Waals surface area (Å²) in [5.74, 6) is -0.952. The Morgan fingerprint density at radius 2 is 2.33 bits per heavy atom. The molecule has 0 aromatic heterocycles. The van der Waals surface area contributed by atoms with Crippen molar-refractivity contribution in [2.45, 2.75) is 17.9 Å². The van der Waals surface area contributed by atoms with Gasteiger partial charge in [0, 0.05) is 10.8 Å². The fourth-order valence-corrected chi connectivity index (χ4v) is 1.93. The predicted octanol–water partition coefficient (Wildman–Crippen LogP) is 3.19. The van der Waals surface area contributed by atoms with Crippen LogP contribution in [0.25, 0.3) is 0 Å². The van der Waals surface area contributed by atoms with E-state index in [0.29, 0.717) is 16.3 Å². The second-order valence-electron chi connectivity index (χ2n) is 3.03. The minimum atomic E-state index is -0.901. The van der Waals surface area contributed by atoms with E-state index >= 15 is 0 Å². The summed E-state index contributed by atoms with van der Waals surface area (Å²) < 4.78 is 13.2. The van der Waals surface area contributed by atoms with Crippen molar-refractivity contribution in [3.8, 4) is 0 Å². The molecule has 1 N–H and O–H groups in total. The fourth-order valence-electron chi connectivity index (χ4n) is 0.940. The summed E-state index contributed by atoms with van der Waals surface area (Å²) in [6.07, 6.45) is 0. The van der Waals surface area contributed by atoms with E-state index in [1.165, 1.54) is 18.2 Å². The SMILES string of the molecule is CC(SCc1cc(Cl)ccc1F)C(=O)O. The summed E-state index contributed by atoms with van der Waals surface area (Å²) in [5, 5.41) is 8.54. The summed E-state index contributed by atoms with van der Waals surface area (Å²) in [6.45, 7) is 1.56. The zero-order valence-electron chi connectivity index (χ0n) is 8.04. The summed E-state index contributed by atoms with van der Waals surface area (Å²) in [7, 11) is 0. The van der Waals surface area contributed by atoms with E-state index in [0.717, 1.165) is 11.8 Å². The second-order valence-corrected chi connectivity index (χ2v) is 4.79. The number of carboxylic acids is 1. The summed E-state index contributed by atoms with van der Waals surface area (Å²) in [6, 6.07) is 4.26. The molecule has 0 spiro atoms. The van der Waals surface area contributed by atoms with Crippen LogP contribution in [-0.4, -0.2) is 16.3 Å². The molecule has 1 atom stereocenters. The molecule has 0 radical (unpaired) electrons. The Balaban J connectivity index is 2.65. The maximum atomic E-state index is 13.2. The smallest absolute Gasteiger partial charge is 0.316 e. The van der Waals surface area contributed by atoms with Crippen molar-refractivity contribution in [1.82, 2.24) is 0 Å². The van der Waals surface area contributed by atoms with Gasteiger partial charge in [-0.25, -0.2) is 4.39 Å². The monoisotopic (exact) mass is 248 g/mol. The average molecular weight is 249 g/mol. The lowest BCUT2D eigenvalue weighted by molar-refractivity contribution is -0.136. The first kappa shape index (κ1) is 12.3. The Morgan fingerprint density at radius 1 is 1.67 bits per heavy atom. The first-order valence-electron chi connectivity index (χ1n) is 4.29. The third-order valence-electron chi connectivity index (χ3n) is 1.84. The highest BCUT2D eigenvalue weighted by molar-refractivity contribution is 7.99. The number of thioether (sulfide) groups is 1. The minimum absolute atomic E-state index is 0.305. The maximum absolute atomic E-state index is 13.2. The molecule has 2 nitrogen and oxygen atoms in total. The van der Waals surface area contributed by atoms with Crippen LogP contribution in [-0.2, 0) is 10.5 Å². The molecule has 0 saturated heterocycles. The first-order chi connectivity index (χ1) is 7.00. The Kier molecular flexibility index (Phi) is 4.42. The van der Waals surface area contributed by atoms with Crippen molar-refractivity contribution >= 4 is 29.3 Å². The minimum Gasteiger partial charge on any atom is -0.480 e. The lowest BCUT2D eigenvalue weighted by Crippen LogP contribution is -2.11. The summed E-state index contributed by atoms with van der Waals surface area (Å²) >= 11 is 6.86. The van der Waals surface area contributed by atoms with Crippen LogP contribution >= 0.6 is 23.4 Å². The van der Waals surface area contributed by atoms with Crippen molar-refractivity contribution in [1.29, 1.82) is 0 Å². The molecule has 82 valence electrons. The molecule has 0 heterocycles. The van der Waals surface area contributed by atoms with Gasteiger partial charge in [0.1, 0.15) is 5.82 Å². The van der Waals surface area contributed by atoms with Gasteiger partial charge in [0.25, 0.3) is 0 Å². The zero-order valence-corrected chi connectivity index (χ0v) is 9.61. The molecule has 0 aliphatic heterocycles. The standard InChI is InChI=1S/C10H10ClFO2S/c1-6(10(13)14)15-5-7-4-8(11)2-3-9(7)12/h2-4,6H,5H2,1H3,(H,13,14). The van der Waals surface area contributed by atoms with Gasteiger partial charge in [-0.3, -0.25) is 4.79 Å². The predicted molar refractivity (Wildman–Crippen MR) is 59.8 cm³/mol. The van der Waals surface area contributed by atoms with Crippen molar-refractivity contribution in [2.75, 3.05) is 0 Å². The summed E-state index contributed by atoms with van der Waals surface area (Å²) in [4.78, 5) is 10.5. The number of rotatable bonds is 4. The van der Waals surface area contributed by atoms with E-state index in [9.17, 15) is 9.18 Å². The molecular formula is C10H10ClFO2S. The first-order valence-corrected chi connectivity index (χ1v) is 5.71. The number of halogens is 2. The molecule has 15 heavy (non-hydrogen) atoms. The van der Waals surface area contributed by atoms with Crippen LogP contribution in [0, 0.1) is 5.82 Å². The van der Waals surface area contributed by atoms with Gasteiger partial charge in [-0.1, -0.05) is 11.6 Å². The lowest BCUT2D eigenvalue weighted by Gasteiger charge is -2.07. The molecule has 5 heteroatoms. The normalized spacial score (nSPS) is 12.5.